The number of hydrogen-bond donors (Lipinski definition) is 4. The normalized spacial score (nSPS) is 11.7. The number of aliphatic hydroxyl groups excluding tert-OH is 2. The lowest BCUT2D eigenvalue weighted by atomic mass is 9.97. The van der Waals surface area contributed by atoms with Gasteiger partial charge in [-0.05, 0) is 37.1 Å². The van der Waals surface area contributed by atoms with E-state index in [2.05, 4.69) is 0 Å². The molecule has 2 rings (SSSR count). The van der Waals surface area contributed by atoms with Crippen LogP contribution >= 0.6 is 0 Å². The number of benzene rings is 2. The van der Waals surface area contributed by atoms with Crippen LogP contribution in [0.1, 0.15) is 53.8 Å². The van der Waals surface area contributed by atoms with Gasteiger partial charge in [-0.1, -0.05) is 56.7 Å². The molecule has 0 fully saturated rings. The fraction of sp³-hybridized carbons (Fsp3) is 0.364. The van der Waals surface area contributed by atoms with Gasteiger partial charge < -0.3 is 20.4 Å². The average molecular weight is 390 g/mol. The zero-order chi connectivity index (χ0) is 21.4. The lowest BCUT2D eigenvalue weighted by molar-refractivity contribution is 0.0583. The Labute approximate surface area is 166 Å². The molecule has 0 spiro atoms. The van der Waals surface area contributed by atoms with Gasteiger partial charge in [-0.3, -0.25) is 0 Å². The van der Waals surface area contributed by atoms with E-state index in [1.807, 2.05) is 13.8 Å². The Morgan fingerprint density at radius 3 is 1.43 bits per heavy atom. The molecule has 0 amide bonds. The van der Waals surface area contributed by atoms with Gasteiger partial charge in [-0.15, -0.1) is 0 Å². The molecule has 0 aliphatic carbocycles. The van der Waals surface area contributed by atoms with Crippen molar-refractivity contribution in [1.29, 1.82) is 0 Å². The number of carbonyl (C=O) groups is 2. The maximum absolute atomic E-state index is 10.2. The van der Waals surface area contributed by atoms with Crippen molar-refractivity contribution >= 4 is 11.9 Å². The number of aromatic carboxylic acids is 2. The Balaban J connectivity index is 0.000000391. The fourth-order valence-corrected chi connectivity index (χ4v) is 2.22. The first-order valence-corrected chi connectivity index (χ1v) is 9.22. The van der Waals surface area contributed by atoms with Gasteiger partial charge in [0, 0.05) is 12.5 Å². The average Bonchev–Trinajstić information content (AvgIpc) is 2.71. The summed E-state index contributed by atoms with van der Waals surface area (Å²) in [4.78, 5) is 20.4. The van der Waals surface area contributed by atoms with Crippen LogP contribution in [0, 0.1) is 5.92 Å². The number of carboxylic acid groups (broad SMARTS) is 2. The molecule has 6 nitrogen and oxygen atoms in total. The summed E-state index contributed by atoms with van der Waals surface area (Å²) in [5.41, 5.74) is 0.662. The highest BCUT2D eigenvalue weighted by atomic mass is 16.4. The maximum Gasteiger partial charge on any atom is 0.335 e. The molecule has 0 bridgehead atoms. The minimum Gasteiger partial charge on any atom is -0.478 e. The summed E-state index contributed by atoms with van der Waals surface area (Å²) in [7, 11) is 0. The highest BCUT2D eigenvalue weighted by Crippen LogP contribution is 2.12. The van der Waals surface area contributed by atoms with E-state index in [-0.39, 0.29) is 18.6 Å². The van der Waals surface area contributed by atoms with Crippen LogP contribution in [0.4, 0.5) is 0 Å². The highest BCUT2D eigenvalue weighted by Gasteiger charge is 2.14. The van der Waals surface area contributed by atoms with Crippen molar-refractivity contribution in [2.45, 2.75) is 39.2 Å². The molecule has 0 radical (unpaired) electrons. The molecule has 0 aliphatic heterocycles. The number of carboxylic acids is 2. The van der Waals surface area contributed by atoms with Crippen molar-refractivity contribution in [3.63, 3.8) is 0 Å². The second kappa shape index (κ2) is 15.4. The monoisotopic (exact) mass is 390 g/mol. The Hall–Kier alpha value is -2.70. The van der Waals surface area contributed by atoms with Gasteiger partial charge in [0.05, 0.1) is 17.2 Å². The molecule has 4 N–H and O–H groups in total. The fourth-order valence-electron chi connectivity index (χ4n) is 2.22. The Kier molecular flexibility index (Phi) is 13.9. The van der Waals surface area contributed by atoms with E-state index in [1.165, 1.54) is 0 Å². The van der Waals surface area contributed by atoms with Crippen LogP contribution in [0.3, 0.4) is 0 Å². The lowest BCUT2D eigenvalue weighted by Crippen LogP contribution is -2.22. The number of hydrogen-bond acceptors (Lipinski definition) is 4. The van der Waals surface area contributed by atoms with Crippen molar-refractivity contribution < 1.29 is 30.0 Å². The van der Waals surface area contributed by atoms with Crippen molar-refractivity contribution in [2.75, 3.05) is 6.61 Å². The molecule has 0 aliphatic rings. The molecule has 0 heterocycles. The third-order valence-electron chi connectivity index (χ3n) is 3.93. The van der Waals surface area contributed by atoms with E-state index in [0.29, 0.717) is 11.1 Å². The van der Waals surface area contributed by atoms with Crippen LogP contribution in [-0.4, -0.2) is 45.1 Å². The highest BCUT2D eigenvalue weighted by molar-refractivity contribution is 5.87. The van der Waals surface area contributed by atoms with Gasteiger partial charge >= 0.3 is 11.9 Å². The third-order valence-corrected chi connectivity index (χ3v) is 3.93. The smallest absolute Gasteiger partial charge is 0.335 e. The minimum atomic E-state index is -0.879. The third kappa shape index (κ3) is 11.1. The molecular weight excluding hydrogens is 360 g/mol. The molecule has 6 heteroatoms. The van der Waals surface area contributed by atoms with Gasteiger partial charge in [0.1, 0.15) is 0 Å². The molecule has 2 atom stereocenters. The molecule has 0 saturated heterocycles. The molecule has 28 heavy (non-hydrogen) atoms. The molecule has 2 aromatic carbocycles. The van der Waals surface area contributed by atoms with Crippen molar-refractivity contribution in [3.8, 4) is 0 Å². The largest absolute Gasteiger partial charge is 0.478 e. The summed E-state index contributed by atoms with van der Waals surface area (Å²) in [6.45, 7) is 4.13. The van der Waals surface area contributed by atoms with Crippen LogP contribution in [0.15, 0.2) is 60.7 Å². The summed E-state index contributed by atoms with van der Waals surface area (Å²) >= 11 is 0. The van der Waals surface area contributed by atoms with Gasteiger partial charge in [-0.2, -0.15) is 0 Å². The topological polar surface area (TPSA) is 115 Å². The first-order valence-electron chi connectivity index (χ1n) is 9.22. The van der Waals surface area contributed by atoms with Crippen molar-refractivity contribution in [1.82, 2.24) is 0 Å². The van der Waals surface area contributed by atoms with Crippen LogP contribution in [0.2, 0.25) is 0 Å². The second-order valence-electron chi connectivity index (χ2n) is 6.05. The summed E-state index contributed by atoms with van der Waals surface area (Å²) < 4.78 is 0. The van der Waals surface area contributed by atoms with E-state index in [0.717, 1.165) is 19.3 Å². The minimum absolute atomic E-state index is 0.0833. The van der Waals surface area contributed by atoms with Crippen molar-refractivity contribution in [3.05, 3.63) is 71.8 Å². The molecular formula is C22H30O6. The molecule has 0 saturated carbocycles. The SMILES string of the molecule is CCCC(O)C(CC)CO.O=C(O)c1ccccc1.O=C(O)c1ccccc1. The van der Waals surface area contributed by atoms with E-state index >= 15 is 0 Å². The van der Waals surface area contributed by atoms with Crippen LogP contribution in [0.5, 0.6) is 0 Å². The summed E-state index contributed by atoms with van der Waals surface area (Å²) in [5.74, 6) is -1.67. The zero-order valence-electron chi connectivity index (χ0n) is 16.4. The Morgan fingerprint density at radius 2 is 1.21 bits per heavy atom. The molecule has 0 aromatic heterocycles. The zero-order valence-corrected chi connectivity index (χ0v) is 16.4. The summed E-state index contributed by atoms with van der Waals surface area (Å²) in [6.07, 6.45) is 2.34. The van der Waals surface area contributed by atoms with Crippen molar-refractivity contribution in [2.24, 2.45) is 5.92 Å². The van der Waals surface area contributed by atoms with Crippen LogP contribution < -0.4 is 0 Å². The first-order chi connectivity index (χ1) is 13.4. The van der Waals surface area contributed by atoms with Crippen LogP contribution in [-0.2, 0) is 0 Å². The number of aliphatic hydroxyl groups is 2. The standard InChI is InChI=1S/C8H18O2.2C7H6O2/c1-3-5-8(10)7(4-2)6-9;2*8-7(9)6-4-2-1-3-5-6/h7-10H,3-6H2,1-2H3;2*1-5H,(H,8,9). The maximum atomic E-state index is 10.2. The van der Waals surface area contributed by atoms with Crippen LogP contribution in [0.25, 0.3) is 0 Å². The quantitative estimate of drug-likeness (QED) is 0.569. The summed E-state index contributed by atoms with van der Waals surface area (Å²) in [6, 6.07) is 16.6. The van der Waals surface area contributed by atoms with Gasteiger partial charge in [0.15, 0.2) is 0 Å². The lowest BCUT2D eigenvalue weighted by Gasteiger charge is -2.17. The second-order valence-corrected chi connectivity index (χ2v) is 6.05. The summed E-state index contributed by atoms with van der Waals surface area (Å²) in [5, 5.41) is 34.9. The predicted molar refractivity (Wildman–Crippen MR) is 109 cm³/mol. The van der Waals surface area contributed by atoms with Gasteiger partial charge in [-0.25, -0.2) is 9.59 Å². The van der Waals surface area contributed by atoms with Gasteiger partial charge in [0.2, 0.25) is 0 Å². The van der Waals surface area contributed by atoms with E-state index in [9.17, 15) is 14.7 Å². The Bertz CT molecular complexity index is 604. The van der Waals surface area contributed by atoms with E-state index in [1.54, 1.807) is 60.7 Å². The molecule has 2 aromatic rings. The Morgan fingerprint density at radius 1 is 0.821 bits per heavy atom. The first kappa shape index (κ1) is 25.3. The van der Waals surface area contributed by atoms with E-state index < -0.39 is 11.9 Å². The molecule has 154 valence electrons. The number of rotatable bonds is 7. The molecule has 2 unspecified atom stereocenters. The van der Waals surface area contributed by atoms with E-state index in [4.69, 9.17) is 15.3 Å². The predicted octanol–water partition coefficient (Wildman–Crippen LogP) is 3.94. The van der Waals surface area contributed by atoms with Gasteiger partial charge in [0.25, 0.3) is 0 Å².